The second kappa shape index (κ2) is 9.31. The summed E-state index contributed by atoms with van der Waals surface area (Å²) in [5.41, 5.74) is 0.130. The van der Waals surface area contributed by atoms with Crippen LogP contribution in [0.25, 0.3) is 27.6 Å². The summed E-state index contributed by atoms with van der Waals surface area (Å²) in [5.74, 6) is -0.770. The number of Topliss-reactive ketones (excluding diaryl/α,β-unsaturated/α-hetero) is 1. The number of hydrogen-bond acceptors (Lipinski definition) is 6. The summed E-state index contributed by atoms with van der Waals surface area (Å²) in [6.45, 7) is 0. The van der Waals surface area contributed by atoms with Crippen LogP contribution < -0.4 is 11.2 Å². The molecule has 0 aliphatic rings. The first-order chi connectivity index (χ1) is 17.5. The van der Waals surface area contributed by atoms with Crippen molar-refractivity contribution in [2.45, 2.75) is 0 Å². The maximum atomic E-state index is 13.3. The summed E-state index contributed by atoms with van der Waals surface area (Å²) in [5, 5.41) is 11.7. The van der Waals surface area contributed by atoms with E-state index in [1.54, 1.807) is 92.0 Å². The van der Waals surface area contributed by atoms with Crippen molar-refractivity contribution < 1.29 is 14.3 Å². The van der Waals surface area contributed by atoms with Crippen molar-refractivity contribution in [3.8, 4) is 0 Å². The first-order valence-corrected chi connectivity index (χ1v) is 11.1. The van der Waals surface area contributed by atoms with Gasteiger partial charge in [0, 0.05) is 29.8 Å². The Bertz CT molecular complexity index is 1800. The molecule has 2 aromatic heterocycles. The largest absolute Gasteiger partial charge is 0.506 e. The molecule has 5 aromatic rings. The predicted molar refractivity (Wildman–Crippen MR) is 140 cm³/mol. The van der Waals surface area contributed by atoms with Crippen molar-refractivity contribution in [2.24, 2.45) is 12.0 Å². The molecular formula is C29H20N2O5. The molecule has 3 aromatic carbocycles. The van der Waals surface area contributed by atoms with Crippen molar-refractivity contribution in [1.82, 2.24) is 4.57 Å². The second-order valence-corrected chi connectivity index (χ2v) is 8.12. The third kappa shape index (κ3) is 4.03. The number of ketones is 1. The first-order valence-electron chi connectivity index (χ1n) is 11.1. The Morgan fingerprint density at radius 2 is 1.47 bits per heavy atom. The fraction of sp³-hybridized carbons (Fsp3) is 0.0345. The number of aryl methyl sites for hydroxylation is 1. The number of aliphatic imine (C=N–C) groups is 1. The zero-order chi connectivity index (χ0) is 25.2. The number of carbonyl (C=O) groups excluding carboxylic acids is 1. The number of benzene rings is 3. The van der Waals surface area contributed by atoms with Gasteiger partial charge >= 0.3 is 5.63 Å². The van der Waals surface area contributed by atoms with Crippen LogP contribution in [0.3, 0.4) is 0 Å². The van der Waals surface area contributed by atoms with Crippen LogP contribution in [0.1, 0.15) is 15.9 Å². The molecule has 7 heteroatoms. The van der Waals surface area contributed by atoms with Crippen molar-refractivity contribution in [2.75, 3.05) is 0 Å². The van der Waals surface area contributed by atoms with Crippen LogP contribution in [0.15, 0.2) is 116 Å². The van der Waals surface area contributed by atoms with Gasteiger partial charge in [-0.2, -0.15) is 0 Å². The number of nitrogens with zero attached hydrogens (tertiary/aromatic N) is 2. The van der Waals surface area contributed by atoms with Crippen LogP contribution in [-0.4, -0.2) is 21.7 Å². The van der Waals surface area contributed by atoms with E-state index < -0.39 is 11.4 Å². The Morgan fingerprint density at radius 3 is 2.17 bits per heavy atom. The highest BCUT2D eigenvalue weighted by atomic mass is 16.4. The molecule has 1 N–H and O–H groups in total. The van der Waals surface area contributed by atoms with Gasteiger partial charge in [0.1, 0.15) is 11.4 Å². The molecule has 0 aliphatic heterocycles. The number of hydrogen-bond donors (Lipinski definition) is 1. The van der Waals surface area contributed by atoms with Crippen LogP contribution in [0.2, 0.25) is 0 Å². The Morgan fingerprint density at radius 1 is 0.861 bits per heavy atom. The van der Waals surface area contributed by atoms with Gasteiger partial charge in [-0.05, 0) is 18.2 Å². The molecule has 7 nitrogen and oxygen atoms in total. The van der Waals surface area contributed by atoms with E-state index in [0.29, 0.717) is 22.0 Å². The molecule has 0 saturated carbocycles. The molecule has 0 radical (unpaired) electrons. The van der Waals surface area contributed by atoms with Crippen LogP contribution in [0.5, 0.6) is 0 Å². The predicted octanol–water partition coefficient (Wildman–Crippen LogP) is 5.20. The Hall–Kier alpha value is -5.04. The van der Waals surface area contributed by atoms with Gasteiger partial charge in [0.25, 0.3) is 5.56 Å². The number of aliphatic hydroxyl groups is 1. The average Bonchev–Trinajstić information content (AvgIpc) is 2.93. The molecule has 2 heterocycles. The van der Waals surface area contributed by atoms with Crippen LogP contribution >= 0.6 is 0 Å². The molecule has 176 valence electrons. The van der Waals surface area contributed by atoms with Gasteiger partial charge in [0.15, 0.2) is 11.4 Å². The quantitative estimate of drug-likeness (QED) is 0.124. The summed E-state index contributed by atoms with van der Waals surface area (Å²) in [4.78, 5) is 43.2. The number of carbonyl (C=O) groups is 1. The summed E-state index contributed by atoms with van der Waals surface area (Å²) in [7, 11) is 1.63. The number of rotatable bonds is 5. The monoisotopic (exact) mass is 476 g/mol. The number of para-hydroxylation sites is 1. The fourth-order valence-electron chi connectivity index (χ4n) is 4.02. The second-order valence-electron chi connectivity index (χ2n) is 8.12. The third-order valence-corrected chi connectivity index (χ3v) is 5.89. The number of allylic oxidation sites excluding steroid dienone is 1. The van der Waals surface area contributed by atoms with Crippen LogP contribution in [-0.2, 0) is 7.05 Å². The first kappa shape index (κ1) is 22.7. The smallest absolute Gasteiger partial charge is 0.362 e. The zero-order valence-corrected chi connectivity index (χ0v) is 19.2. The van der Waals surface area contributed by atoms with E-state index in [1.807, 2.05) is 0 Å². The maximum absolute atomic E-state index is 13.3. The van der Waals surface area contributed by atoms with Gasteiger partial charge in [0.05, 0.1) is 16.5 Å². The molecule has 0 saturated heterocycles. The van der Waals surface area contributed by atoms with E-state index in [-0.39, 0.29) is 33.5 Å². The third-order valence-electron chi connectivity index (χ3n) is 5.89. The van der Waals surface area contributed by atoms with E-state index in [0.717, 1.165) is 6.21 Å². The van der Waals surface area contributed by atoms with Crippen molar-refractivity contribution in [1.29, 1.82) is 0 Å². The summed E-state index contributed by atoms with van der Waals surface area (Å²) in [6, 6.07) is 25.4. The standard InChI is InChI=1S/C29H20N2O5/c1-31-24-15-9-8-14-20(24)27-21(28(31)34)16-23(29(35)36-27)30-17-22(25(32)18-10-4-2-5-11-18)26(33)19-12-6-3-7-13-19/h2-17,32H,1H3/b25-22-,30-17?. The minimum Gasteiger partial charge on any atom is -0.506 e. The Balaban J connectivity index is 1.68. The lowest BCUT2D eigenvalue weighted by atomic mass is 10.00. The van der Waals surface area contributed by atoms with Gasteiger partial charge in [-0.25, -0.2) is 9.79 Å². The van der Waals surface area contributed by atoms with E-state index in [1.165, 1.54) is 10.6 Å². The molecule has 0 atom stereocenters. The van der Waals surface area contributed by atoms with Crippen LogP contribution in [0.4, 0.5) is 5.69 Å². The topological polar surface area (TPSA) is 102 Å². The van der Waals surface area contributed by atoms with E-state index in [2.05, 4.69) is 4.99 Å². The minimum atomic E-state index is -0.775. The fourth-order valence-corrected chi connectivity index (χ4v) is 4.02. The molecule has 0 bridgehead atoms. The lowest BCUT2D eigenvalue weighted by molar-refractivity contribution is 0.104. The zero-order valence-electron chi connectivity index (χ0n) is 19.2. The van der Waals surface area contributed by atoms with E-state index in [9.17, 15) is 19.5 Å². The summed E-state index contributed by atoms with van der Waals surface area (Å²) >= 11 is 0. The van der Waals surface area contributed by atoms with Gasteiger partial charge in [-0.15, -0.1) is 0 Å². The lowest BCUT2D eigenvalue weighted by Crippen LogP contribution is -2.18. The highest BCUT2D eigenvalue weighted by molar-refractivity contribution is 6.25. The van der Waals surface area contributed by atoms with Crippen molar-refractivity contribution in [3.63, 3.8) is 0 Å². The Labute approximate surface area is 204 Å². The molecular weight excluding hydrogens is 456 g/mol. The van der Waals surface area contributed by atoms with Crippen LogP contribution in [0, 0.1) is 0 Å². The lowest BCUT2D eigenvalue weighted by Gasteiger charge is -2.08. The highest BCUT2D eigenvalue weighted by Gasteiger charge is 2.18. The molecule has 0 aliphatic carbocycles. The number of pyridine rings is 1. The van der Waals surface area contributed by atoms with E-state index in [4.69, 9.17) is 4.42 Å². The maximum Gasteiger partial charge on any atom is 0.362 e. The highest BCUT2D eigenvalue weighted by Crippen LogP contribution is 2.24. The summed E-state index contributed by atoms with van der Waals surface area (Å²) in [6.07, 6.45) is 1.13. The minimum absolute atomic E-state index is 0.113. The molecule has 0 fully saturated rings. The molecule has 5 rings (SSSR count). The van der Waals surface area contributed by atoms with Crippen molar-refractivity contribution in [3.05, 3.63) is 128 Å². The van der Waals surface area contributed by atoms with Gasteiger partial charge < -0.3 is 14.1 Å². The van der Waals surface area contributed by atoms with Gasteiger partial charge in [-0.3, -0.25) is 9.59 Å². The number of aliphatic hydroxyl groups excluding tert-OH is 1. The SMILES string of the molecule is Cn1c(=O)c2cc(N=C/C(C(=O)c3ccccc3)=C(/O)c3ccccc3)c(=O)oc2c2ccccc21. The van der Waals surface area contributed by atoms with Crippen molar-refractivity contribution >= 4 is 45.3 Å². The average molecular weight is 476 g/mol. The molecule has 0 spiro atoms. The van der Waals surface area contributed by atoms with Gasteiger partial charge in [-0.1, -0.05) is 72.8 Å². The summed E-state index contributed by atoms with van der Waals surface area (Å²) < 4.78 is 6.99. The normalized spacial score (nSPS) is 12.2. The number of fused-ring (bicyclic) bond motifs is 3. The Kier molecular flexibility index (Phi) is 5.88. The molecule has 36 heavy (non-hydrogen) atoms. The molecule has 0 unspecified atom stereocenters. The molecule has 0 amide bonds. The van der Waals surface area contributed by atoms with Gasteiger partial charge in [0.2, 0.25) is 0 Å². The van der Waals surface area contributed by atoms with E-state index >= 15 is 0 Å². The number of aromatic nitrogens is 1.